The van der Waals surface area contributed by atoms with Crippen LogP contribution in [0.3, 0.4) is 0 Å². The standard InChI is InChI=1S/C14H14N2O3/c1-2-18-12(17)11-15-16-13(19-11)14(8-9-14)10-6-4-3-5-7-10/h3-7H,2,8-9H2,1H3. The van der Waals surface area contributed by atoms with Crippen LogP contribution < -0.4 is 0 Å². The van der Waals surface area contributed by atoms with Crippen molar-refractivity contribution in [2.45, 2.75) is 25.2 Å². The molecule has 1 aliphatic carbocycles. The highest BCUT2D eigenvalue weighted by atomic mass is 16.5. The Labute approximate surface area is 110 Å². The van der Waals surface area contributed by atoms with Crippen LogP contribution in [0.4, 0.5) is 0 Å². The predicted octanol–water partition coefficient (Wildman–Crippen LogP) is 2.33. The Kier molecular flexibility index (Phi) is 2.81. The minimum atomic E-state index is -0.565. The Hall–Kier alpha value is -2.17. The molecule has 1 saturated carbocycles. The molecule has 0 bridgehead atoms. The maximum absolute atomic E-state index is 11.5. The van der Waals surface area contributed by atoms with E-state index in [0.29, 0.717) is 12.5 Å². The Morgan fingerprint density at radius 2 is 2.05 bits per heavy atom. The van der Waals surface area contributed by atoms with Gasteiger partial charge in [0, 0.05) is 0 Å². The number of carbonyl (C=O) groups excluding carboxylic acids is 1. The van der Waals surface area contributed by atoms with Gasteiger partial charge in [0.05, 0.1) is 12.0 Å². The largest absolute Gasteiger partial charge is 0.459 e. The van der Waals surface area contributed by atoms with E-state index in [9.17, 15) is 4.79 Å². The molecule has 1 aromatic heterocycles. The molecule has 1 fully saturated rings. The molecule has 0 saturated heterocycles. The smallest absolute Gasteiger partial charge is 0.396 e. The summed E-state index contributed by atoms with van der Waals surface area (Å²) in [6, 6.07) is 10.0. The first-order valence-electron chi connectivity index (χ1n) is 6.33. The Morgan fingerprint density at radius 1 is 1.32 bits per heavy atom. The zero-order chi connectivity index (χ0) is 13.3. The van der Waals surface area contributed by atoms with Crippen LogP contribution in [0.25, 0.3) is 0 Å². The first-order valence-corrected chi connectivity index (χ1v) is 6.33. The third-order valence-electron chi connectivity index (χ3n) is 3.36. The van der Waals surface area contributed by atoms with E-state index in [1.807, 2.05) is 30.3 Å². The van der Waals surface area contributed by atoms with Crippen LogP contribution in [0.15, 0.2) is 34.7 Å². The van der Waals surface area contributed by atoms with Crippen molar-refractivity contribution in [3.8, 4) is 0 Å². The van der Waals surface area contributed by atoms with Gasteiger partial charge >= 0.3 is 11.9 Å². The van der Waals surface area contributed by atoms with E-state index in [1.165, 1.54) is 0 Å². The van der Waals surface area contributed by atoms with Gasteiger partial charge in [-0.05, 0) is 25.3 Å². The molecule has 0 amide bonds. The summed E-state index contributed by atoms with van der Waals surface area (Å²) in [4.78, 5) is 11.5. The quantitative estimate of drug-likeness (QED) is 0.787. The molecule has 0 aliphatic heterocycles. The average Bonchev–Trinajstić information content (AvgIpc) is 3.10. The maximum atomic E-state index is 11.5. The molecule has 1 aliphatic rings. The van der Waals surface area contributed by atoms with Crippen molar-refractivity contribution >= 4 is 5.97 Å². The minimum absolute atomic E-state index is 0.0703. The highest BCUT2D eigenvalue weighted by molar-refractivity contribution is 5.83. The van der Waals surface area contributed by atoms with E-state index in [4.69, 9.17) is 9.15 Å². The number of hydrogen-bond acceptors (Lipinski definition) is 5. The van der Waals surface area contributed by atoms with E-state index < -0.39 is 5.97 Å². The summed E-state index contributed by atoms with van der Waals surface area (Å²) in [5.41, 5.74) is 0.938. The third kappa shape index (κ3) is 2.01. The number of ether oxygens (including phenoxy) is 1. The van der Waals surface area contributed by atoms with Crippen molar-refractivity contribution in [1.29, 1.82) is 0 Å². The highest BCUT2D eigenvalue weighted by Gasteiger charge is 2.50. The second-order valence-electron chi connectivity index (χ2n) is 4.58. The van der Waals surface area contributed by atoms with Crippen molar-refractivity contribution in [2.75, 3.05) is 6.61 Å². The number of carbonyl (C=O) groups is 1. The monoisotopic (exact) mass is 258 g/mol. The SMILES string of the molecule is CCOC(=O)c1nnc(C2(c3ccccc3)CC2)o1. The maximum Gasteiger partial charge on any atom is 0.396 e. The summed E-state index contributed by atoms with van der Waals surface area (Å²) in [6.45, 7) is 2.03. The fraction of sp³-hybridized carbons (Fsp3) is 0.357. The molecule has 0 N–H and O–H groups in total. The number of esters is 1. The van der Waals surface area contributed by atoms with Gasteiger partial charge < -0.3 is 9.15 Å². The summed E-state index contributed by atoms with van der Waals surface area (Å²) in [7, 11) is 0. The molecule has 0 spiro atoms. The van der Waals surface area contributed by atoms with E-state index in [0.717, 1.165) is 18.4 Å². The van der Waals surface area contributed by atoms with Crippen molar-refractivity contribution in [2.24, 2.45) is 0 Å². The predicted molar refractivity (Wildman–Crippen MR) is 66.7 cm³/mol. The van der Waals surface area contributed by atoms with Gasteiger partial charge in [0.2, 0.25) is 5.89 Å². The zero-order valence-electron chi connectivity index (χ0n) is 10.6. The van der Waals surface area contributed by atoms with Gasteiger partial charge in [-0.25, -0.2) is 4.79 Å². The molecule has 5 heteroatoms. The summed E-state index contributed by atoms with van der Waals surface area (Å²) >= 11 is 0. The van der Waals surface area contributed by atoms with Crippen molar-refractivity contribution < 1.29 is 13.9 Å². The third-order valence-corrected chi connectivity index (χ3v) is 3.36. The van der Waals surface area contributed by atoms with E-state index >= 15 is 0 Å². The van der Waals surface area contributed by atoms with Gasteiger partial charge in [0.25, 0.3) is 0 Å². The first kappa shape index (κ1) is 11.9. The lowest BCUT2D eigenvalue weighted by Crippen LogP contribution is -2.09. The molecule has 3 rings (SSSR count). The second kappa shape index (κ2) is 4.50. The Bertz CT molecular complexity index is 588. The lowest BCUT2D eigenvalue weighted by Gasteiger charge is -2.09. The van der Waals surface area contributed by atoms with Crippen LogP contribution in [-0.4, -0.2) is 22.8 Å². The van der Waals surface area contributed by atoms with Crippen molar-refractivity contribution in [1.82, 2.24) is 10.2 Å². The number of hydrogen-bond donors (Lipinski definition) is 0. The lowest BCUT2D eigenvalue weighted by molar-refractivity contribution is 0.0478. The molecule has 0 atom stereocenters. The van der Waals surface area contributed by atoms with Gasteiger partial charge in [-0.15, -0.1) is 10.2 Å². The van der Waals surface area contributed by atoms with Crippen LogP contribution in [0, 0.1) is 0 Å². The molecule has 19 heavy (non-hydrogen) atoms. The molecule has 1 heterocycles. The van der Waals surface area contributed by atoms with Crippen molar-refractivity contribution in [3.63, 3.8) is 0 Å². The second-order valence-corrected chi connectivity index (χ2v) is 4.58. The van der Waals surface area contributed by atoms with Crippen molar-refractivity contribution in [3.05, 3.63) is 47.7 Å². The van der Waals surface area contributed by atoms with Gasteiger partial charge in [-0.2, -0.15) is 0 Å². The Morgan fingerprint density at radius 3 is 2.68 bits per heavy atom. The van der Waals surface area contributed by atoms with E-state index in [2.05, 4.69) is 10.2 Å². The number of nitrogens with zero attached hydrogens (tertiary/aromatic N) is 2. The van der Waals surface area contributed by atoms with Gasteiger partial charge in [0.1, 0.15) is 0 Å². The van der Waals surface area contributed by atoms with E-state index in [1.54, 1.807) is 6.92 Å². The zero-order valence-corrected chi connectivity index (χ0v) is 10.6. The topological polar surface area (TPSA) is 65.2 Å². The number of aromatic nitrogens is 2. The summed E-state index contributed by atoms with van der Waals surface area (Å²) in [5.74, 6) is -0.133. The molecule has 98 valence electrons. The fourth-order valence-electron chi connectivity index (χ4n) is 2.20. The normalized spacial score (nSPS) is 16.1. The highest BCUT2D eigenvalue weighted by Crippen LogP contribution is 2.52. The van der Waals surface area contributed by atoms with Crippen LogP contribution >= 0.6 is 0 Å². The summed E-state index contributed by atoms with van der Waals surface area (Å²) in [5, 5.41) is 7.79. The van der Waals surface area contributed by atoms with Gasteiger partial charge in [-0.1, -0.05) is 30.3 Å². The fourth-order valence-corrected chi connectivity index (χ4v) is 2.20. The van der Waals surface area contributed by atoms with Crippen LogP contribution in [0.5, 0.6) is 0 Å². The van der Waals surface area contributed by atoms with Gasteiger partial charge in [-0.3, -0.25) is 0 Å². The summed E-state index contributed by atoms with van der Waals surface area (Å²) < 4.78 is 10.3. The molecular weight excluding hydrogens is 244 g/mol. The number of benzene rings is 1. The van der Waals surface area contributed by atoms with Crippen LogP contribution in [0.2, 0.25) is 0 Å². The molecular formula is C14H14N2O3. The van der Waals surface area contributed by atoms with Gasteiger partial charge in [0.15, 0.2) is 0 Å². The molecule has 1 aromatic carbocycles. The molecule has 2 aromatic rings. The minimum Gasteiger partial charge on any atom is -0.459 e. The average molecular weight is 258 g/mol. The molecule has 0 unspecified atom stereocenters. The van der Waals surface area contributed by atoms with Crippen LogP contribution in [-0.2, 0) is 10.2 Å². The number of rotatable bonds is 4. The Balaban J connectivity index is 1.89. The van der Waals surface area contributed by atoms with E-state index in [-0.39, 0.29) is 11.3 Å². The first-order chi connectivity index (χ1) is 9.26. The lowest BCUT2D eigenvalue weighted by atomic mass is 9.96. The van der Waals surface area contributed by atoms with Crippen LogP contribution in [0.1, 0.15) is 41.9 Å². The molecule has 0 radical (unpaired) electrons. The molecule has 5 nitrogen and oxygen atoms in total. The summed E-state index contributed by atoms with van der Waals surface area (Å²) in [6.07, 6.45) is 1.92.